The summed E-state index contributed by atoms with van der Waals surface area (Å²) in [4.78, 5) is 39.0. The molecule has 1 unspecified atom stereocenters. The molecule has 0 aliphatic carbocycles. The minimum atomic E-state index is -1.03. The summed E-state index contributed by atoms with van der Waals surface area (Å²) in [6.45, 7) is 0.739. The Morgan fingerprint density at radius 3 is 2.48 bits per heavy atom. The van der Waals surface area contributed by atoms with Crippen molar-refractivity contribution in [3.63, 3.8) is 0 Å². The van der Waals surface area contributed by atoms with Gasteiger partial charge in [-0.1, -0.05) is 0 Å². The number of hydrogen-bond acceptors (Lipinski definition) is 3. The molecule has 2 fully saturated rings. The van der Waals surface area contributed by atoms with Gasteiger partial charge in [0.15, 0.2) is 0 Å². The normalized spacial score (nSPS) is 24.3. The van der Waals surface area contributed by atoms with Gasteiger partial charge in [0.25, 0.3) is 0 Å². The van der Waals surface area contributed by atoms with E-state index in [1.807, 2.05) is 0 Å². The lowest BCUT2D eigenvalue weighted by atomic mass is 10.1. The van der Waals surface area contributed by atoms with E-state index >= 15 is 0 Å². The van der Waals surface area contributed by atoms with Gasteiger partial charge >= 0.3 is 5.97 Å². The Labute approximate surface area is 132 Å². The molecule has 7 heteroatoms. The Morgan fingerprint density at radius 2 is 1.83 bits per heavy atom. The standard InChI is InChI=1S/C16H17FN2O4/c17-10-3-5-11(6-4-10)18-9-7-12(14(18)20)15(21)19-8-1-2-13(19)16(22)23/h3-6,12-13H,1-2,7-9H2,(H,22,23)/t12?,13-/m0/s1. The van der Waals surface area contributed by atoms with Crippen molar-refractivity contribution in [3.8, 4) is 0 Å². The first-order valence-electron chi connectivity index (χ1n) is 7.59. The van der Waals surface area contributed by atoms with Crippen molar-refractivity contribution in [3.05, 3.63) is 30.1 Å². The van der Waals surface area contributed by atoms with Crippen LogP contribution in [-0.4, -0.2) is 46.9 Å². The number of carboxylic acids is 1. The van der Waals surface area contributed by atoms with Crippen molar-refractivity contribution >= 4 is 23.5 Å². The Bertz CT molecular complexity index is 646. The van der Waals surface area contributed by atoms with Gasteiger partial charge in [-0.25, -0.2) is 9.18 Å². The maximum atomic E-state index is 13.0. The van der Waals surface area contributed by atoms with Crippen LogP contribution in [0.15, 0.2) is 24.3 Å². The van der Waals surface area contributed by atoms with Gasteiger partial charge in [-0.2, -0.15) is 0 Å². The molecular formula is C16H17FN2O4. The fraction of sp³-hybridized carbons (Fsp3) is 0.438. The number of hydrogen-bond donors (Lipinski definition) is 1. The van der Waals surface area contributed by atoms with Gasteiger partial charge in [-0.05, 0) is 43.5 Å². The second-order valence-corrected chi connectivity index (χ2v) is 5.84. The zero-order valence-corrected chi connectivity index (χ0v) is 12.4. The van der Waals surface area contributed by atoms with Gasteiger partial charge in [0.1, 0.15) is 17.8 Å². The number of benzene rings is 1. The van der Waals surface area contributed by atoms with Gasteiger partial charge in [-0.15, -0.1) is 0 Å². The molecule has 2 aliphatic rings. The Hall–Kier alpha value is -2.44. The first-order valence-corrected chi connectivity index (χ1v) is 7.59. The molecule has 2 atom stereocenters. The molecule has 0 aromatic heterocycles. The van der Waals surface area contributed by atoms with Crippen molar-refractivity contribution in [2.24, 2.45) is 5.92 Å². The number of anilines is 1. The SMILES string of the molecule is O=C(O)[C@@H]1CCCN1C(=O)C1CCN(c2ccc(F)cc2)C1=O. The summed E-state index contributed by atoms with van der Waals surface area (Å²) in [6, 6.07) is 4.68. The maximum Gasteiger partial charge on any atom is 0.326 e. The number of aliphatic carboxylic acids is 1. The molecule has 0 saturated carbocycles. The smallest absolute Gasteiger partial charge is 0.326 e. The molecule has 2 aliphatic heterocycles. The van der Waals surface area contributed by atoms with Crippen molar-refractivity contribution in [1.82, 2.24) is 4.90 Å². The molecule has 122 valence electrons. The monoisotopic (exact) mass is 320 g/mol. The molecule has 0 radical (unpaired) electrons. The first-order chi connectivity index (χ1) is 11.0. The molecule has 0 spiro atoms. The second-order valence-electron chi connectivity index (χ2n) is 5.84. The van der Waals surface area contributed by atoms with Gasteiger partial charge in [-0.3, -0.25) is 9.59 Å². The Morgan fingerprint density at radius 1 is 1.13 bits per heavy atom. The summed E-state index contributed by atoms with van der Waals surface area (Å²) in [6.07, 6.45) is 1.40. The molecule has 2 amide bonds. The van der Waals surface area contributed by atoms with Crippen molar-refractivity contribution in [2.75, 3.05) is 18.0 Å². The lowest BCUT2D eigenvalue weighted by Gasteiger charge is -2.24. The fourth-order valence-electron chi connectivity index (χ4n) is 3.27. The van der Waals surface area contributed by atoms with E-state index in [2.05, 4.69) is 0 Å². The minimum Gasteiger partial charge on any atom is -0.480 e. The third-order valence-corrected chi connectivity index (χ3v) is 4.46. The number of nitrogens with zero attached hydrogens (tertiary/aromatic N) is 2. The largest absolute Gasteiger partial charge is 0.480 e. The first kappa shape index (κ1) is 15.5. The number of carbonyl (C=O) groups is 3. The van der Waals surface area contributed by atoms with Crippen molar-refractivity contribution in [2.45, 2.75) is 25.3 Å². The van der Waals surface area contributed by atoms with Crippen LogP contribution < -0.4 is 4.90 Å². The molecule has 0 bridgehead atoms. The number of amides is 2. The van der Waals surface area contributed by atoms with Crippen LogP contribution in [0.5, 0.6) is 0 Å². The lowest BCUT2D eigenvalue weighted by Crippen LogP contribution is -2.45. The zero-order chi connectivity index (χ0) is 16.6. The molecule has 3 rings (SSSR count). The van der Waals surface area contributed by atoms with Gasteiger partial charge < -0.3 is 14.9 Å². The quantitative estimate of drug-likeness (QED) is 0.850. The highest BCUT2D eigenvalue weighted by molar-refractivity contribution is 6.10. The molecule has 6 nitrogen and oxygen atoms in total. The Balaban J connectivity index is 1.75. The number of likely N-dealkylation sites (tertiary alicyclic amines) is 1. The average molecular weight is 320 g/mol. The van der Waals surface area contributed by atoms with Crippen LogP contribution in [0.2, 0.25) is 0 Å². The third kappa shape index (κ3) is 2.78. The van der Waals surface area contributed by atoms with E-state index < -0.39 is 29.7 Å². The highest BCUT2D eigenvalue weighted by Gasteiger charge is 2.43. The molecule has 1 aromatic carbocycles. The van der Waals surface area contributed by atoms with Gasteiger partial charge in [0.2, 0.25) is 11.8 Å². The maximum absolute atomic E-state index is 13.0. The average Bonchev–Trinajstić information content (AvgIpc) is 3.14. The van der Waals surface area contributed by atoms with E-state index in [0.717, 1.165) is 0 Å². The summed E-state index contributed by atoms with van der Waals surface area (Å²) >= 11 is 0. The number of halogens is 1. The summed E-state index contributed by atoms with van der Waals surface area (Å²) in [7, 11) is 0. The number of rotatable bonds is 3. The highest BCUT2D eigenvalue weighted by Crippen LogP contribution is 2.29. The number of carboxylic acid groups (broad SMARTS) is 1. The third-order valence-electron chi connectivity index (χ3n) is 4.46. The molecule has 23 heavy (non-hydrogen) atoms. The fourth-order valence-corrected chi connectivity index (χ4v) is 3.27. The number of carbonyl (C=O) groups excluding carboxylic acids is 2. The van der Waals surface area contributed by atoms with Crippen LogP contribution in [0.4, 0.5) is 10.1 Å². The van der Waals surface area contributed by atoms with Crippen molar-refractivity contribution < 1.29 is 23.9 Å². The van der Waals surface area contributed by atoms with E-state index in [9.17, 15) is 23.9 Å². The summed E-state index contributed by atoms with van der Waals surface area (Å²) in [5.41, 5.74) is 0.544. The Kier molecular flexibility index (Phi) is 4.02. The lowest BCUT2D eigenvalue weighted by molar-refractivity contribution is -0.151. The minimum absolute atomic E-state index is 0.345. The molecule has 2 saturated heterocycles. The van der Waals surface area contributed by atoms with Crippen LogP contribution in [0.3, 0.4) is 0 Å². The molecule has 1 N–H and O–H groups in total. The van der Waals surface area contributed by atoms with Gasteiger partial charge in [0, 0.05) is 18.8 Å². The van der Waals surface area contributed by atoms with Gasteiger partial charge in [0.05, 0.1) is 0 Å². The van der Waals surface area contributed by atoms with E-state index in [-0.39, 0.29) is 5.91 Å². The van der Waals surface area contributed by atoms with Crippen LogP contribution in [0.1, 0.15) is 19.3 Å². The summed E-state index contributed by atoms with van der Waals surface area (Å²) < 4.78 is 13.0. The van der Waals surface area contributed by atoms with E-state index in [4.69, 9.17) is 0 Å². The van der Waals surface area contributed by atoms with Crippen LogP contribution in [-0.2, 0) is 14.4 Å². The van der Waals surface area contributed by atoms with E-state index in [1.165, 1.54) is 34.1 Å². The molecule has 2 heterocycles. The van der Waals surface area contributed by atoms with Crippen LogP contribution in [0.25, 0.3) is 0 Å². The molecular weight excluding hydrogens is 303 g/mol. The predicted octanol–water partition coefficient (Wildman–Crippen LogP) is 1.25. The zero-order valence-electron chi connectivity index (χ0n) is 12.4. The summed E-state index contributed by atoms with van der Waals surface area (Å²) in [5, 5.41) is 9.17. The van der Waals surface area contributed by atoms with E-state index in [0.29, 0.717) is 38.0 Å². The predicted molar refractivity (Wildman–Crippen MR) is 79.2 cm³/mol. The highest BCUT2D eigenvalue weighted by atomic mass is 19.1. The topological polar surface area (TPSA) is 77.9 Å². The summed E-state index contributed by atoms with van der Waals surface area (Å²) in [5.74, 6) is -3.03. The molecule has 1 aromatic rings. The van der Waals surface area contributed by atoms with Crippen LogP contribution >= 0.6 is 0 Å². The van der Waals surface area contributed by atoms with Crippen molar-refractivity contribution in [1.29, 1.82) is 0 Å². The van der Waals surface area contributed by atoms with E-state index in [1.54, 1.807) is 0 Å². The van der Waals surface area contributed by atoms with Crippen LogP contribution in [0, 0.1) is 11.7 Å². The second kappa shape index (κ2) is 5.98.